The van der Waals surface area contributed by atoms with Crippen LogP contribution in [0.2, 0.25) is 0 Å². The van der Waals surface area contributed by atoms with Gasteiger partial charge in [0, 0.05) is 24.5 Å². The van der Waals surface area contributed by atoms with Gasteiger partial charge in [0.05, 0.1) is 17.7 Å². The van der Waals surface area contributed by atoms with Crippen LogP contribution < -0.4 is 5.32 Å². The summed E-state index contributed by atoms with van der Waals surface area (Å²) in [6, 6.07) is 3.66. The molecule has 246 valence electrons. The zero-order chi connectivity index (χ0) is 32.4. The third-order valence-electron chi connectivity index (χ3n) is 7.50. The summed E-state index contributed by atoms with van der Waals surface area (Å²) >= 11 is 2.60. The van der Waals surface area contributed by atoms with E-state index in [1.54, 1.807) is 16.8 Å². The fourth-order valence-corrected chi connectivity index (χ4v) is 7.62. The van der Waals surface area contributed by atoms with Crippen LogP contribution in [0.3, 0.4) is 0 Å². The Morgan fingerprint density at radius 3 is 2.41 bits per heavy atom. The number of nitrogens with one attached hydrogen (secondary N) is 1. The van der Waals surface area contributed by atoms with Crippen LogP contribution in [0.5, 0.6) is 0 Å². The van der Waals surface area contributed by atoms with Gasteiger partial charge in [0.2, 0.25) is 11.1 Å². The molecule has 5 rings (SSSR count). The second kappa shape index (κ2) is 14.6. The molecule has 1 saturated heterocycles. The van der Waals surface area contributed by atoms with Crippen molar-refractivity contribution in [3.05, 3.63) is 46.7 Å². The molecule has 1 aromatic carbocycles. The molecule has 16 nitrogen and oxygen atoms in total. The first-order valence-corrected chi connectivity index (χ1v) is 16.0. The van der Waals surface area contributed by atoms with Gasteiger partial charge >= 0.3 is 11.9 Å². The molecule has 0 aliphatic carbocycles. The van der Waals surface area contributed by atoms with Crippen molar-refractivity contribution in [3.8, 4) is 0 Å². The topological polar surface area (TPSA) is 208 Å². The van der Waals surface area contributed by atoms with Crippen molar-refractivity contribution < 1.29 is 39.0 Å². The molecule has 46 heavy (non-hydrogen) atoms. The van der Waals surface area contributed by atoms with Gasteiger partial charge in [-0.1, -0.05) is 23.9 Å². The Kier molecular flexibility index (Phi) is 11.1. The number of carboxylic acid groups (broad SMARTS) is 2. The van der Waals surface area contributed by atoms with Crippen molar-refractivity contribution in [2.24, 2.45) is 0 Å². The van der Waals surface area contributed by atoms with Crippen LogP contribution in [0.25, 0.3) is 0 Å². The fraction of sp³-hybridized carbons (Fsp3) is 0.444. The number of fused-ring (bicyclic) bond motifs is 2. The zero-order valence-corrected chi connectivity index (χ0v) is 27.1. The number of imide groups is 1. The lowest BCUT2D eigenvalue weighted by atomic mass is 10.0. The normalized spacial score (nSPS) is 19.4. The number of amides is 4. The highest BCUT2D eigenvalue weighted by Gasteiger charge is 2.54. The highest BCUT2D eigenvalue weighted by molar-refractivity contribution is 8.01. The number of hydrogen-bond acceptors (Lipinski definition) is 12. The van der Waals surface area contributed by atoms with Crippen molar-refractivity contribution in [3.63, 3.8) is 0 Å². The lowest BCUT2D eigenvalue weighted by Crippen LogP contribution is -2.70. The molecule has 3 atom stereocenters. The predicted molar refractivity (Wildman–Crippen MR) is 166 cm³/mol. The van der Waals surface area contributed by atoms with Crippen LogP contribution in [0.4, 0.5) is 0 Å². The lowest BCUT2D eigenvalue weighted by Gasteiger charge is -2.49. The number of tetrazole rings is 1. The molecule has 3 N–H and O–H groups in total. The molecule has 0 radical (unpaired) electrons. The molecule has 1 fully saturated rings. The van der Waals surface area contributed by atoms with Crippen LogP contribution in [0.1, 0.15) is 40.0 Å². The van der Waals surface area contributed by atoms with E-state index in [0.29, 0.717) is 34.5 Å². The average molecular weight is 695 g/mol. The highest BCUT2D eigenvalue weighted by Crippen LogP contribution is 2.41. The summed E-state index contributed by atoms with van der Waals surface area (Å²) in [5.41, 5.74) is 0.656. The van der Waals surface area contributed by atoms with E-state index in [1.165, 1.54) is 40.6 Å². The number of thioether (sulfide) groups is 2. The number of hydrogen-bond donors (Lipinski definition) is 3. The number of halogens is 1. The molecule has 4 heterocycles. The second-order valence-electron chi connectivity index (χ2n) is 10.8. The molecule has 0 bridgehead atoms. The van der Waals surface area contributed by atoms with E-state index >= 15 is 0 Å². The van der Waals surface area contributed by atoms with E-state index in [2.05, 4.69) is 20.8 Å². The summed E-state index contributed by atoms with van der Waals surface area (Å²) in [5.74, 6) is -4.57. The van der Waals surface area contributed by atoms with Crippen LogP contribution >= 0.6 is 35.9 Å². The number of carbonyl (C=O) groups is 6. The SMILES string of the molecule is CN(C)CCn1nnnc1SCC1=C(C(=O)O)N2C(=O)[C@@H](NC(=O)CCC[C@H](C(=O)O)N3C(=O)c4ccccc4C3=O)[C@H]2SC1.Cl. The van der Waals surface area contributed by atoms with Gasteiger partial charge in [0.25, 0.3) is 17.7 Å². The van der Waals surface area contributed by atoms with Crippen LogP contribution in [0, 0.1) is 0 Å². The number of rotatable bonds is 14. The van der Waals surface area contributed by atoms with Gasteiger partial charge in [-0.25, -0.2) is 14.3 Å². The van der Waals surface area contributed by atoms with Crippen molar-refractivity contribution in [2.75, 3.05) is 32.1 Å². The molecule has 0 spiro atoms. The van der Waals surface area contributed by atoms with Crippen LogP contribution in [-0.2, 0) is 25.7 Å². The van der Waals surface area contributed by atoms with Crippen LogP contribution in [0.15, 0.2) is 40.7 Å². The quantitative estimate of drug-likeness (QED) is 0.139. The zero-order valence-electron chi connectivity index (χ0n) is 24.7. The van der Waals surface area contributed by atoms with Gasteiger partial charge in [-0.3, -0.25) is 29.0 Å². The van der Waals surface area contributed by atoms with E-state index in [4.69, 9.17) is 0 Å². The van der Waals surface area contributed by atoms with E-state index in [1.807, 2.05) is 19.0 Å². The maximum absolute atomic E-state index is 13.0. The van der Waals surface area contributed by atoms with E-state index in [9.17, 15) is 39.0 Å². The molecule has 19 heteroatoms. The number of carbonyl (C=O) groups excluding carboxylic acids is 4. The maximum Gasteiger partial charge on any atom is 0.352 e. The Hall–Kier alpha value is -4.00. The number of nitrogens with zero attached hydrogens (tertiary/aromatic N) is 7. The molecule has 2 aromatic rings. The highest BCUT2D eigenvalue weighted by atomic mass is 35.5. The summed E-state index contributed by atoms with van der Waals surface area (Å²) < 4.78 is 1.63. The molecule has 3 aliphatic heterocycles. The molecular formula is C27H31ClN8O8S2. The minimum Gasteiger partial charge on any atom is -0.480 e. The van der Waals surface area contributed by atoms with Crippen molar-refractivity contribution in [2.45, 2.75) is 48.4 Å². The monoisotopic (exact) mass is 694 g/mol. The number of aromatic nitrogens is 4. The Balaban J connectivity index is 0.00000480. The summed E-state index contributed by atoms with van der Waals surface area (Å²) in [7, 11) is 3.85. The first kappa shape index (κ1) is 34.9. The van der Waals surface area contributed by atoms with Crippen LogP contribution in [-0.4, -0.2) is 130 Å². The Morgan fingerprint density at radius 2 is 1.80 bits per heavy atom. The molecule has 1 aromatic heterocycles. The summed E-state index contributed by atoms with van der Waals surface area (Å²) in [6.07, 6.45) is -0.309. The lowest BCUT2D eigenvalue weighted by molar-refractivity contribution is -0.150. The molecule has 3 aliphatic rings. The fourth-order valence-electron chi connectivity index (χ4n) is 5.24. The van der Waals surface area contributed by atoms with Gasteiger partial charge in [-0.2, -0.15) is 0 Å². The van der Waals surface area contributed by atoms with Gasteiger partial charge in [0.1, 0.15) is 23.2 Å². The third kappa shape index (κ3) is 6.89. The Bertz CT molecular complexity index is 1570. The first-order valence-electron chi connectivity index (χ1n) is 13.9. The maximum atomic E-state index is 13.0. The molecule has 4 amide bonds. The predicted octanol–water partition coefficient (Wildman–Crippen LogP) is 0.407. The Morgan fingerprint density at radius 1 is 1.13 bits per heavy atom. The number of aliphatic carboxylic acids is 2. The minimum atomic E-state index is -1.46. The molecule has 0 unspecified atom stereocenters. The van der Waals surface area contributed by atoms with E-state index < -0.39 is 53.0 Å². The summed E-state index contributed by atoms with van der Waals surface area (Å²) in [6.45, 7) is 1.26. The van der Waals surface area contributed by atoms with Crippen molar-refractivity contribution in [1.29, 1.82) is 0 Å². The second-order valence-corrected chi connectivity index (χ2v) is 12.8. The van der Waals surface area contributed by atoms with Crippen molar-refractivity contribution >= 4 is 71.5 Å². The number of likely N-dealkylation sites (N-methyl/N-ethyl adjacent to an activating group) is 1. The van der Waals surface area contributed by atoms with E-state index in [-0.39, 0.29) is 54.2 Å². The van der Waals surface area contributed by atoms with Gasteiger partial charge in [0.15, 0.2) is 0 Å². The van der Waals surface area contributed by atoms with Gasteiger partial charge < -0.3 is 20.4 Å². The number of β-lactam (4-membered cyclic amide) rings is 1. The largest absolute Gasteiger partial charge is 0.480 e. The average Bonchev–Trinajstić information content (AvgIpc) is 3.56. The van der Waals surface area contributed by atoms with E-state index in [0.717, 1.165) is 0 Å². The van der Waals surface area contributed by atoms with Gasteiger partial charge in [-0.05, 0) is 55.1 Å². The third-order valence-corrected chi connectivity index (χ3v) is 9.89. The first-order chi connectivity index (χ1) is 21.5. The Labute approximate surface area is 277 Å². The summed E-state index contributed by atoms with van der Waals surface area (Å²) in [4.78, 5) is 79.3. The molecule has 0 saturated carbocycles. The summed E-state index contributed by atoms with van der Waals surface area (Å²) in [5, 5.41) is 33.9. The number of benzene rings is 1. The minimum absolute atomic E-state index is 0. The standard InChI is InChI=1S/C27H30N8O8S2.ClH/c1-32(2)10-11-33-27(29-30-31-33)45-13-14-12-44-24-19(23(39)35(24)20(14)26(42)43)28-18(36)9-5-8-17(25(40)41)34-21(37)15-6-3-4-7-16(15)22(34)38;/h3-4,6-7,17,19,24H,5,8-13H2,1-2H3,(H,28,36)(H,40,41)(H,42,43);1H/t17-,19-,24-;/m1./s1. The number of carboxylic acids is 2. The molecular weight excluding hydrogens is 664 g/mol. The van der Waals surface area contributed by atoms with Gasteiger partial charge in [-0.15, -0.1) is 29.3 Å². The smallest absolute Gasteiger partial charge is 0.352 e. The van der Waals surface area contributed by atoms with Crippen molar-refractivity contribution in [1.82, 2.24) is 40.2 Å².